The number of hydrogen-bond donors (Lipinski definition) is 2. The molecule has 2 rings (SSSR count). The third-order valence-corrected chi connectivity index (χ3v) is 4.08. The average Bonchev–Trinajstić information content (AvgIpc) is 2.74. The van der Waals surface area contributed by atoms with Gasteiger partial charge in [0.1, 0.15) is 11.9 Å². The Labute approximate surface area is 181 Å². The molecule has 1 aromatic carbocycles. The molecule has 0 bridgehead atoms. The lowest BCUT2D eigenvalue weighted by atomic mass is 10.2. The summed E-state index contributed by atoms with van der Waals surface area (Å²) < 4.78 is 48.2. The summed E-state index contributed by atoms with van der Waals surface area (Å²) >= 11 is 5.80. The predicted molar refractivity (Wildman–Crippen MR) is 109 cm³/mol. The first-order chi connectivity index (χ1) is 14.7. The second-order valence-electron chi connectivity index (χ2n) is 5.96. The van der Waals surface area contributed by atoms with Crippen LogP contribution in [0.5, 0.6) is 11.5 Å². The van der Waals surface area contributed by atoms with Crippen LogP contribution in [-0.4, -0.2) is 37.7 Å². The highest BCUT2D eigenvalue weighted by molar-refractivity contribution is 6.32. The number of pyridine rings is 1. The van der Waals surface area contributed by atoms with Crippen LogP contribution in [0.1, 0.15) is 11.1 Å². The van der Waals surface area contributed by atoms with Gasteiger partial charge in [-0.05, 0) is 29.8 Å². The number of halogens is 4. The van der Waals surface area contributed by atoms with E-state index in [-0.39, 0.29) is 36.4 Å². The molecule has 2 aromatic rings. The summed E-state index contributed by atoms with van der Waals surface area (Å²) in [5.41, 5.74) is -0.266. The lowest BCUT2D eigenvalue weighted by Crippen LogP contribution is -2.27. The van der Waals surface area contributed by atoms with Crippen LogP contribution in [0, 0.1) is 11.3 Å². The molecule has 1 aromatic heterocycles. The Bertz CT molecular complexity index is 991. The van der Waals surface area contributed by atoms with Gasteiger partial charge in [0.2, 0.25) is 5.91 Å². The number of ether oxygens (including phenoxy) is 2. The van der Waals surface area contributed by atoms with Crippen LogP contribution in [0.4, 0.5) is 19.0 Å². The summed E-state index contributed by atoms with van der Waals surface area (Å²) in [5, 5.41) is 13.8. The number of carbonyl (C=O) groups excluding carboxylic acids is 1. The van der Waals surface area contributed by atoms with E-state index in [9.17, 15) is 18.0 Å². The molecule has 31 heavy (non-hydrogen) atoms. The van der Waals surface area contributed by atoms with Gasteiger partial charge in [-0.2, -0.15) is 18.4 Å². The van der Waals surface area contributed by atoms with E-state index in [1.165, 1.54) is 13.2 Å². The van der Waals surface area contributed by atoms with Gasteiger partial charge in [-0.25, -0.2) is 4.98 Å². The predicted octanol–water partition coefficient (Wildman–Crippen LogP) is 3.91. The molecule has 0 aliphatic carbocycles. The minimum atomic E-state index is -4.52. The first-order valence-electron chi connectivity index (χ1n) is 8.85. The lowest BCUT2D eigenvalue weighted by Gasteiger charge is -2.11. The van der Waals surface area contributed by atoms with Crippen LogP contribution < -0.4 is 20.1 Å². The Kier molecular flexibility index (Phi) is 8.52. The maximum atomic E-state index is 12.6. The summed E-state index contributed by atoms with van der Waals surface area (Å²) in [7, 11) is 1.46. The largest absolute Gasteiger partial charge is 0.493 e. The van der Waals surface area contributed by atoms with Crippen LogP contribution in [0.25, 0.3) is 6.08 Å². The summed E-state index contributed by atoms with van der Waals surface area (Å²) in [5.74, 6) is 0.539. The molecule has 0 saturated heterocycles. The van der Waals surface area contributed by atoms with Crippen molar-refractivity contribution in [2.75, 3.05) is 32.1 Å². The Morgan fingerprint density at radius 1 is 1.29 bits per heavy atom. The monoisotopic (exact) mass is 454 g/mol. The smallest absolute Gasteiger partial charge is 0.417 e. The number of rotatable bonds is 9. The molecule has 0 aliphatic heterocycles. The van der Waals surface area contributed by atoms with E-state index >= 15 is 0 Å². The fourth-order valence-electron chi connectivity index (χ4n) is 2.34. The van der Waals surface area contributed by atoms with Gasteiger partial charge in [0.25, 0.3) is 0 Å². The van der Waals surface area contributed by atoms with Gasteiger partial charge >= 0.3 is 6.18 Å². The standard InChI is InChI=1S/C20H18ClF3N4O3/c1-30-17-10-13(2-4-16(17)31-9-6-25)3-5-18(29)26-7-8-27-19-15(21)11-14(12-28-19)20(22,23)24/h2-5,10-12H,7-9H2,1H3,(H,26,29)(H,27,28)/b5-3+. The van der Waals surface area contributed by atoms with Gasteiger partial charge in [-0.3, -0.25) is 4.79 Å². The number of alkyl halides is 3. The van der Waals surface area contributed by atoms with Crippen molar-refractivity contribution in [1.29, 1.82) is 5.26 Å². The molecule has 0 fully saturated rings. The zero-order valence-electron chi connectivity index (χ0n) is 16.3. The zero-order chi connectivity index (χ0) is 22.9. The third kappa shape index (κ3) is 7.38. The van der Waals surface area contributed by atoms with Crippen molar-refractivity contribution in [3.05, 3.63) is 52.7 Å². The number of nitriles is 1. The van der Waals surface area contributed by atoms with Crippen LogP contribution >= 0.6 is 11.6 Å². The number of nitrogens with one attached hydrogen (secondary N) is 2. The number of anilines is 1. The molecule has 0 unspecified atom stereocenters. The van der Waals surface area contributed by atoms with Crippen molar-refractivity contribution >= 4 is 29.4 Å². The molecule has 1 amide bonds. The van der Waals surface area contributed by atoms with Gasteiger partial charge in [-0.1, -0.05) is 17.7 Å². The summed E-state index contributed by atoms with van der Waals surface area (Å²) in [6.45, 7) is 0.276. The Morgan fingerprint density at radius 3 is 2.71 bits per heavy atom. The number of methoxy groups -OCH3 is 1. The van der Waals surface area contributed by atoms with Gasteiger partial charge in [0.05, 0.1) is 17.7 Å². The molecule has 0 aliphatic rings. The number of nitrogens with zero attached hydrogens (tertiary/aromatic N) is 2. The maximum absolute atomic E-state index is 12.6. The first kappa shape index (κ1) is 23.8. The molecule has 0 atom stereocenters. The van der Waals surface area contributed by atoms with Gasteiger partial charge in [0, 0.05) is 25.4 Å². The van der Waals surface area contributed by atoms with E-state index < -0.39 is 11.7 Å². The highest BCUT2D eigenvalue weighted by Crippen LogP contribution is 2.32. The lowest BCUT2D eigenvalue weighted by molar-refractivity contribution is -0.137. The zero-order valence-corrected chi connectivity index (χ0v) is 17.0. The topological polar surface area (TPSA) is 96.3 Å². The maximum Gasteiger partial charge on any atom is 0.417 e. The number of aromatic nitrogens is 1. The van der Waals surface area contributed by atoms with E-state index in [0.29, 0.717) is 23.3 Å². The van der Waals surface area contributed by atoms with E-state index in [0.717, 1.165) is 6.07 Å². The highest BCUT2D eigenvalue weighted by atomic mass is 35.5. The second kappa shape index (κ2) is 11.1. The van der Waals surface area contributed by atoms with Crippen molar-refractivity contribution in [3.63, 3.8) is 0 Å². The van der Waals surface area contributed by atoms with Crippen molar-refractivity contribution < 1.29 is 27.4 Å². The first-order valence-corrected chi connectivity index (χ1v) is 9.22. The van der Waals surface area contributed by atoms with Crippen molar-refractivity contribution in [2.45, 2.75) is 6.18 Å². The SMILES string of the molecule is COc1cc(/C=C/C(=O)NCCNc2ncc(C(F)(F)F)cc2Cl)ccc1OCC#N. The van der Waals surface area contributed by atoms with Crippen LogP contribution in [0.3, 0.4) is 0 Å². The number of amides is 1. The van der Waals surface area contributed by atoms with E-state index in [2.05, 4.69) is 15.6 Å². The van der Waals surface area contributed by atoms with Gasteiger partial charge in [-0.15, -0.1) is 0 Å². The molecule has 2 N–H and O–H groups in total. The molecular weight excluding hydrogens is 437 g/mol. The normalized spacial score (nSPS) is 11.1. The molecular formula is C20H18ClF3N4O3. The molecule has 0 saturated carbocycles. The minimum absolute atomic E-state index is 0.0882. The highest BCUT2D eigenvalue weighted by Gasteiger charge is 2.31. The molecule has 164 valence electrons. The van der Waals surface area contributed by atoms with Crippen molar-refractivity contribution in [2.24, 2.45) is 0 Å². The molecule has 0 radical (unpaired) electrons. The number of benzene rings is 1. The van der Waals surface area contributed by atoms with Crippen molar-refractivity contribution in [3.8, 4) is 17.6 Å². The average molecular weight is 455 g/mol. The Hall–Kier alpha value is -3.45. The van der Waals surface area contributed by atoms with E-state index in [1.807, 2.05) is 6.07 Å². The van der Waals surface area contributed by atoms with Gasteiger partial charge in [0.15, 0.2) is 18.1 Å². The second-order valence-corrected chi connectivity index (χ2v) is 6.37. The summed E-state index contributed by atoms with van der Waals surface area (Å²) in [6.07, 6.45) is -0.967. The fraction of sp³-hybridized carbons (Fsp3) is 0.250. The van der Waals surface area contributed by atoms with E-state index in [4.69, 9.17) is 26.3 Å². The summed E-state index contributed by atoms with van der Waals surface area (Å²) in [6, 6.07) is 7.61. The Morgan fingerprint density at radius 2 is 2.06 bits per heavy atom. The van der Waals surface area contributed by atoms with Crippen LogP contribution in [0.15, 0.2) is 36.5 Å². The van der Waals surface area contributed by atoms with Crippen molar-refractivity contribution in [1.82, 2.24) is 10.3 Å². The Balaban J connectivity index is 1.83. The van der Waals surface area contributed by atoms with E-state index in [1.54, 1.807) is 24.3 Å². The number of hydrogen-bond acceptors (Lipinski definition) is 6. The third-order valence-electron chi connectivity index (χ3n) is 3.79. The van der Waals surface area contributed by atoms with Gasteiger partial charge < -0.3 is 20.1 Å². The molecule has 11 heteroatoms. The minimum Gasteiger partial charge on any atom is -0.493 e. The van der Waals surface area contributed by atoms with Crippen LogP contribution in [0.2, 0.25) is 5.02 Å². The molecule has 7 nitrogen and oxygen atoms in total. The summed E-state index contributed by atoms with van der Waals surface area (Å²) in [4.78, 5) is 15.6. The molecule has 0 spiro atoms. The molecule has 1 heterocycles. The van der Waals surface area contributed by atoms with Crippen LogP contribution in [-0.2, 0) is 11.0 Å². The quantitative estimate of drug-likeness (QED) is 0.440. The fourth-order valence-corrected chi connectivity index (χ4v) is 2.57. The number of carbonyl (C=O) groups is 1.